The second-order valence-electron chi connectivity index (χ2n) is 6.71. The molecular weight excluding hydrogens is 376 g/mol. The number of piperidine rings is 1. The van der Waals surface area contributed by atoms with Crippen LogP contribution in [0.1, 0.15) is 35.3 Å². The molecule has 2 aromatic heterocycles. The van der Waals surface area contributed by atoms with Gasteiger partial charge in [-0.3, -0.25) is 4.79 Å². The first kappa shape index (κ1) is 18.4. The number of nitrogens with zero attached hydrogens (tertiary/aromatic N) is 5. The average molecular weight is 397 g/mol. The molecular formula is C20H21ClN6O. The van der Waals surface area contributed by atoms with Crippen LogP contribution in [-0.4, -0.2) is 38.7 Å². The second kappa shape index (κ2) is 8.39. The summed E-state index contributed by atoms with van der Waals surface area (Å²) in [6, 6.07) is 9.70. The first-order chi connectivity index (χ1) is 13.7. The minimum Gasteiger partial charge on any atom is -0.347 e. The molecule has 1 aromatic carbocycles. The van der Waals surface area contributed by atoms with Crippen molar-refractivity contribution in [3.63, 3.8) is 0 Å². The Kier molecular flexibility index (Phi) is 5.53. The molecule has 0 bridgehead atoms. The van der Waals surface area contributed by atoms with Crippen molar-refractivity contribution in [1.82, 2.24) is 25.1 Å². The third-order valence-electron chi connectivity index (χ3n) is 4.74. The standard InChI is InChI=1S/C20H21ClN6O/c21-17-14-23-20(26-10-2-1-3-11-26)25-18(17)19(28)22-13-15-5-7-16(8-6-15)27-12-4-9-24-27/h4-9,12,14H,1-3,10-11,13H2,(H,22,28). The number of benzene rings is 1. The Morgan fingerprint density at radius 3 is 2.64 bits per heavy atom. The van der Waals surface area contributed by atoms with E-state index in [0.29, 0.717) is 12.5 Å². The van der Waals surface area contributed by atoms with Crippen molar-refractivity contribution in [2.75, 3.05) is 18.0 Å². The number of aromatic nitrogens is 4. The van der Waals surface area contributed by atoms with Gasteiger partial charge in [0.1, 0.15) is 0 Å². The Bertz CT molecular complexity index is 936. The molecule has 4 rings (SSSR count). The summed E-state index contributed by atoms with van der Waals surface area (Å²) in [5, 5.41) is 7.34. The zero-order chi connectivity index (χ0) is 19.3. The van der Waals surface area contributed by atoms with Gasteiger partial charge >= 0.3 is 0 Å². The first-order valence-corrected chi connectivity index (χ1v) is 9.73. The average Bonchev–Trinajstić information content (AvgIpc) is 3.28. The van der Waals surface area contributed by atoms with Crippen LogP contribution in [0.2, 0.25) is 5.02 Å². The van der Waals surface area contributed by atoms with Crippen LogP contribution in [0.3, 0.4) is 0 Å². The molecule has 144 valence electrons. The molecule has 0 aliphatic carbocycles. The van der Waals surface area contributed by atoms with Crippen molar-refractivity contribution >= 4 is 23.5 Å². The minimum absolute atomic E-state index is 0.213. The maximum atomic E-state index is 12.6. The summed E-state index contributed by atoms with van der Waals surface area (Å²) in [6.45, 7) is 2.20. The number of amides is 1. The van der Waals surface area contributed by atoms with E-state index in [2.05, 4.69) is 25.3 Å². The molecule has 28 heavy (non-hydrogen) atoms. The molecule has 1 saturated heterocycles. The van der Waals surface area contributed by atoms with Crippen LogP contribution in [0.5, 0.6) is 0 Å². The number of hydrogen-bond donors (Lipinski definition) is 1. The normalized spacial score (nSPS) is 14.1. The Balaban J connectivity index is 1.42. The Morgan fingerprint density at radius 1 is 1.14 bits per heavy atom. The summed E-state index contributed by atoms with van der Waals surface area (Å²) in [4.78, 5) is 23.4. The van der Waals surface area contributed by atoms with Gasteiger partial charge in [0.2, 0.25) is 5.95 Å². The number of halogens is 1. The fourth-order valence-corrected chi connectivity index (χ4v) is 3.39. The van der Waals surface area contributed by atoms with Gasteiger partial charge in [0.25, 0.3) is 5.91 Å². The lowest BCUT2D eigenvalue weighted by Crippen LogP contribution is -2.32. The SMILES string of the molecule is O=C(NCc1ccc(-n2cccn2)cc1)c1nc(N2CCCCC2)ncc1Cl. The molecule has 1 N–H and O–H groups in total. The summed E-state index contributed by atoms with van der Waals surface area (Å²) in [5.74, 6) is 0.264. The van der Waals surface area contributed by atoms with Crippen molar-refractivity contribution in [3.05, 3.63) is 65.2 Å². The molecule has 1 amide bonds. The monoisotopic (exact) mass is 396 g/mol. The highest BCUT2D eigenvalue weighted by molar-refractivity contribution is 6.33. The van der Waals surface area contributed by atoms with E-state index in [1.165, 1.54) is 12.6 Å². The van der Waals surface area contributed by atoms with Crippen LogP contribution in [0, 0.1) is 0 Å². The van der Waals surface area contributed by atoms with E-state index < -0.39 is 0 Å². The van der Waals surface area contributed by atoms with Gasteiger partial charge in [-0.1, -0.05) is 23.7 Å². The fraction of sp³-hybridized carbons (Fsp3) is 0.300. The highest BCUT2D eigenvalue weighted by Gasteiger charge is 2.18. The van der Waals surface area contributed by atoms with Crippen molar-refractivity contribution in [2.24, 2.45) is 0 Å². The van der Waals surface area contributed by atoms with Gasteiger partial charge in [-0.15, -0.1) is 0 Å². The lowest BCUT2D eigenvalue weighted by Gasteiger charge is -2.26. The van der Waals surface area contributed by atoms with Crippen molar-refractivity contribution in [1.29, 1.82) is 0 Å². The minimum atomic E-state index is -0.304. The molecule has 0 saturated carbocycles. The maximum absolute atomic E-state index is 12.6. The third-order valence-corrected chi connectivity index (χ3v) is 5.02. The summed E-state index contributed by atoms with van der Waals surface area (Å²) in [5.41, 5.74) is 2.15. The van der Waals surface area contributed by atoms with Gasteiger partial charge in [0.15, 0.2) is 5.69 Å². The van der Waals surface area contributed by atoms with Crippen LogP contribution in [0.15, 0.2) is 48.9 Å². The first-order valence-electron chi connectivity index (χ1n) is 9.35. The zero-order valence-corrected chi connectivity index (χ0v) is 16.1. The Labute approximate surface area is 168 Å². The quantitative estimate of drug-likeness (QED) is 0.716. The third kappa shape index (κ3) is 4.14. The zero-order valence-electron chi connectivity index (χ0n) is 15.4. The molecule has 3 heterocycles. The molecule has 1 fully saturated rings. The molecule has 3 aromatic rings. The highest BCUT2D eigenvalue weighted by Crippen LogP contribution is 2.20. The van der Waals surface area contributed by atoms with Crippen molar-refractivity contribution in [2.45, 2.75) is 25.8 Å². The summed E-state index contributed by atoms with van der Waals surface area (Å²) < 4.78 is 1.78. The van der Waals surface area contributed by atoms with Gasteiger partial charge in [0.05, 0.1) is 16.9 Å². The number of anilines is 1. The van der Waals surface area contributed by atoms with E-state index >= 15 is 0 Å². The second-order valence-corrected chi connectivity index (χ2v) is 7.12. The Hall–Kier alpha value is -2.93. The summed E-state index contributed by atoms with van der Waals surface area (Å²) in [6.07, 6.45) is 8.57. The molecule has 0 atom stereocenters. The van der Waals surface area contributed by atoms with Gasteiger partial charge in [-0.25, -0.2) is 14.6 Å². The summed E-state index contributed by atoms with van der Waals surface area (Å²) in [7, 11) is 0. The predicted octanol–water partition coefficient (Wildman–Crippen LogP) is 3.24. The van der Waals surface area contributed by atoms with Crippen molar-refractivity contribution in [3.8, 4) is 5.69 Å². The number of hydrogen-bond acceptors (Lipinski definition) is 5. The van der Waals surface area contributed by atoms with Crippen LogP contribution >= 0.6 is 11.6 Å². The van der Waals surface area contributed by atoms with Crippen molar-refractivity contribution < 1.29 is 4.79 Å². The number of carbonyl (C=O) groups is 1. The Morgan fingerprint density at radius 2 is 1.93 bits per heavy atom. The van der Waals surface area contributed by atoms with Crippen LogP contribution in [-0.2, 0) is 6.54 Å². The van der Waals surface area contributed by atoms with Gasteiger partial charge in [-0.2, -0.15) is 5.10 Å². The van der Waals surface area contributed by atoms with E-state index in [9.17, 15) is 4.79 Å². The summed E-state index contributed by atoms with van der Waals surface area (Å²) >= 11 is 6.18. The number of carbonyl (C=O) groups excluding carboxylic acids is 1. The van der Waals surface area contributed by atoms with Gasteiger partial charge in [-0.05, 0) is 43.0 Å². The van der Waals surface area contributed by atoms with Crippen LogP contribution in [0.25, 0.3) is 5.69 Å². The number of rotatable bonds is 5. The van der Waals surface area contributed by atoms with Gasteiger partial charge in [0, 0.05) is 32.0 Å². The highest BCUT2D eigenvalue weighted by atomic mass is 35.5. The molecule has 1 aliphatic heterocycles. The lowest BCUT2D eigenvalue weighted by molar-refractivity contribution is 0.0946. The molecule has 8 heteroatoms. The molecule has 1 aliphatic rings. The van der Waals surface area contributed by atoms with E-state index in [1.54, 1.807) is 10.9 Å². The molecule has 0 spiro atoms. The smallest absolute Gasteiger partial charge is 0.271 e. The molecule has 7 nitrogen and oxygen atoms in total. The van der Waals surface area contributed by atoms with Crippen LogP contribution in [0.4, 0.5) is 5.95 Å². The maximum Gasteiger partial charge on any atom is 0.271 e. The van der Waals surface area contributed by atoms with Crippen LogP contribution < -0.4 is 10.2 Å². The van der Waals surface area contributed by atoms with E-state index in [0.717, 1.165) is 37.2 Å². The van der Waals surface area contributed by atoms with E-state index in [1.807, 2.05) is 36.5 Å². The van der Waals surface area contributed by atoms with E-state index in [-0.39, 0.29) is 16.6 Å². The predicted molar refractivity (Wildman–Crippen MR) is 108 cm³/mol. The molecule has 0 radical (unpaired) electrons. The largest absolute Gasteiger partial charge is 0.347 e. The fourth-order valence-electron chi connectivity index (χ4n) is 3.22. The van der Waals surface area contributed by atoms with E-state index in [4.69, 9.17) is 11.6 Å². The topological polar surface area (TPSA) is 75.9 Å². The van der Waals surface area contributed by atoms with Gasteiger partial charge < -0.3 is 10.2 Å². The molecule has 0 unspecified atom stereocenters. The lowest BCUT2D eigenvalue weighted by atomic mass is 10.1. The number of nitrogens with one attached hydrogen (secondary N) is 1.